The lowest BCUT2D eigenvalue weighted by atomic mass is 9.80. The van der Waals surface area contributed by atoms with Gasteiger partial charge < -0.3 is 11.1 Å². The first-order chi connectivity index (χ1) is 18.9. The quantitative estimate of drug-likeness (QED) is 0.401. The molecule has 1 aliphatic carbocycles. The third-order valence-electron chi connectivity index (χ3n) is 8.50. The molecular formula is C32H42N4O4. The number of hydrogen-bond donors (Lipinski definition) is 2. The van der Waals surface area contributed by atoms with Crippen molar-refractivity contribution >= 4 is 35.1 Å². The van der Waals surface area contributed by atoms with Crippen molar-refractivity contribution in [3.05, 3.63) is 58.7 Å². The third-order valence-corrected chi connectivity index (χ3v) is 8.50. The molecule has 8 heteroatoms. The van der Waals surface area contributed by atoms with Crippen LogP contribution in [0.25, 0.3) is 0 Å². The van der Waals surface area contributed by atoms with Gasteiger partial charge in [-0.2, -0.15) is 0 Å². The zero-order chi connectivity index (χ0) is 29.4. The number of carbonyl (C=O) groups excluding carboxylic acids is 4. The first kappa shape index (κ1) is 29.3. The van der Waals surface area contributed by atoms with Gasteiger partial charge in [0, 0.05) is 11.4 Å². The van der Waals surface area contributed by atoms with Gasteiger partial charge in [0.15, 0.2) is 0 Å². The van der Waals surface area contributed by atoms with Crippen LogP contribution in [-0.2, 0) is 14.4 Å². The fourth-order valence-corrected chi connectivity index (χ4v) is 6.16. The Labute approximate surface area is 237 Å². The van der Waals surface area contributed by atoms with E-state index < -0.39 is 41.8 Å². The van der Waals surface area contributed by atoms with Crippen molar-refractivity contribution in [1.82, 2.24) is 4.90 Å². The van der Waals surface area contributed by atoms with Crippen LogP contribution in [-0.4, -0.2) is 40.2 Å². The molecular weight excluding hydrogens is 504 g/mol. The van der Waals surface area contributed by atoms with E-state index in [9.17, 15) is 19.2 Å². The Morgan fingerprint density at radius 3 is 2.05 bits per heavy atom. The van der Waals surface area contributed by atoms with Crippen LogP contribution >= 0.6 is 0 Å². The monoisotopic (exact) mass is 546 g/mol. The fraction of sp³-hybridized carbons (Fsp3) is 0.500. The van der Waals surface area contributed by atoms with E-state index in [1.165, 1.54) is 0 Å². The molecule has 3 N–H and O–H groups in total. The number of nitrogens with two attached hydrogens (primary N) is 1. The van der Waals surface area contributed by atoms with Crippen molar-refractivity contribution in [3.63, 3.8) is 0 Å². The van der Waals surface area contributed by atoms with Gasteiger partial charge in [-0.1, -0.05) is 71.2 Å². The van der Waals surface area contributed by atoms with Crippen LogP contribution in [0, 0.1) is 13.8 Å². The molecule has 1 heterocycles. The SMILES string of the molecule is Cc1ccc(N2C(=O)N(C(CC(N)=O)C(=O)Nc3c(C(C)C)cccc3C(C)C)C(=O)C23CCCCC3)cc1C. The normalized spacial score (nSPS) is 17.7. The van der Waals surface area contributed by atoms with Crippen LogP contribution in [0.15, 0.2) is 36.4 Å². The van der Waals surface area contributed by atoms with Gasteiger partial charge in [0.25, 0.3) is 5.91 Å². The molecule has 2 aromatic rings. The second-order valence-corrected chi connectivity index (χ2v) is 12.0. The minimum absolute atomic E-state index is 0.115. The molecule has 214 valence electrons. The molecule has 1 saturated heterocycles. The van der Waals surface area contributed by atoms with E-state index in [-0.39, 0.29) is 11.8 Å². The van der Waals surface area contributed by atoms with Gasteiger partial charge in [0.2, 0.25) is 11.8 Å². The van der Waals surface area contributed by atoms with Crippen molar-refractivity contribution in [2.45, 2.75) is 103 Å². The van der Waals surface area contributed by atoms with E-state index in [0.717, 1.165) is 46.4 Å². The molecule has 0 aromatic heterocycles. The van der Waals surface area contributed by atoms with Crippen LogP contribution in [0.3, 0.4) is 0 Å². The highest BCUT2D eigenvalue weighted by Gasteiger charge is 2.60. The van der Waals surface area contributed by atoms with Crippen LogP contribution in [0.2, 0.25) is 0 Å². The summed E-state index contributed by atoms with van der Waals surface area (Å²) in [5, 5.41) is 3.02. The molecule has 4 rings (SSSR count). The summed E-state index contributed by atoms with van der Waals surface area (Å²) in [6.45, 7) is 12.1. The molecule has 8 nitrogen and oxygen atoms in total. The number of amides is 5. The predicted molar refractivity (Wildman–Crippen MR) is 157 cm³/mol. The summed E-state index contributed by atoms with van der Waals surface area (Å²) in [7, 11) is 0. The van der Waals surface area contributed by atoms with E-state index in [1.807, 2.05) is 77.9 Å². The van der Waals surface area contributed by atoms with Gasteiger partial charge in [0.05, 0.1) is 6.42 Å². The smallest absolute Gasteiger partial charge is 0.332 e. The Hall–Kier alpha value is -3.68. The second-order valence-electron chi connectivity index (χ2n) is 12.0. The molecule has 0 bridgehead atoms. The van der Waals surface area contributed by atoms with Crippen molar-refractivity contribution in [1.29, 1.82) is 0 Å². The molecule has 2 aromatic carbocycles. The number of hydrogen-bond acceptors (Lipinski definition) is 4. The Bertz CT molecular complexity index is 1300. The van der Waals surface area contributed by atoms with Gasteiger partial charge in [-0.15, -0.1) is 0 Å². The summed E-state index contributed by atoms with van der Waals surface area (Å²) in [4.78, 5) is 57.4. The Balaban J connectivity index is 1.80. The summed E-state index contributed by atoms with van der Waals surface area (Å²) in [6, 6.07) is 9.63. The van der Waals surface area contributed by atoms with Crippen molar-refractivity contribution < 1.29 is 19.2 Å². The summed E-state index contributed by atoms with van der Waals surface area (Å²) in [5.41, 5.74) is 9.76. The van der Waals surface area contributed by atoms with Gasteiger partial charge >= 0.3 is 6.03 Å². The van der Waals surface area contributed by atoms with Crippen molar-refractivity contribution in [2.24, 2.45) is 5.73 Å². The number of primary amides is 1. The number of anilines is 2. The third kappa shape index (κ3) is 5.23. The highest BCUT2D eigenvalue weighted by molar-refractivity contribution is 6.19. The number of para-hydroxylation sites is 1. The molecule has 40 heavy (non-hydrogen) atoms. The van der Waals surface area contributed by atoms with E-state index in [4.69, 9.17) is 5.73 Å². The lowest BCUT2D eigenvalue weighted by Gasteiger charge is -2.38. The molecule has 1 saturated carbocycles. The fourth-order valence-electron chi connectivity index (χ4n) is 6.16. The molecule has 2 aliphatic rings. The van der Waals surface area contributed by atoms with Crippen LogP contribution in [0.4, 0.5) is 16.2 Å². The van der Waals surface area contributed by atoms with E-state index in [0.29, 0.717) is 24.2 Å². The highest BCUT2D eigenvalue weighted by atomic mass is 16.2. The number of carbonyl (C=O) groups is 4. The van der Waals surface area contributed by atoms with E-state index >= 15 is 0 Å². The minimum Gasteiger partial charge on any atom is -0.370 e. The molecule has 1 spiro atoms. The number of urea groups is 1. The first-order valence-electron chi connectivity index (χ1n) is 14.4. The number of aryl methyl sites for hydroxylation is 2. The average Bonchev–Trinajstić information content (AvgIpc) is 3.09. The molecule has 1 aliphatic heterocycles. The predicted octanol–water partition coefficient (Wildman–Crippen LogP) is 5.90. The second kappa shape index (κ2) is 11.4. The molecule has 5 amide bonds. The van der Waals surface area contributed by atoms with Crippen LogP contribution < -0.4 is 16.0 Å². The minimum atomic E-state index is -1.37. The molecule has 2 fully saturated rings. The maximum atomic E-state index is 14.3. The summed E-state index contributed by atoms with van der Waals surface area (Å²) in [6.07, 6.45) is 3.10. The van der Waals surface area contributed by atoms with Crippen LogP contribution in [0.1, 0.15) is 100 Å². The van der Waals surface area contributed by atoms with Crippen LogP contribution in [0.5, 0.6) is 0 Å². The zero-order valence-corrected chi connectivity index (χ0v) is 24.5. The lowest BCUT2D eigenvalue weighted by Crippen LogP contribution is -2.53. The average molecular weight is 547 g/mol. The Kier molecular flexibility index (Phi) is 8.38. The topological polar surface area (TPSA) is 113 Å². The van der Waals surface area contributed by atoms with Crippen molar-refractivity contribution in [2.75, 3.05) is 10.2 Å². The van der Waals surface area contributed by atoms with Crippen molar-refractivity contribution in [3.8, 4) is 0 Å². The molecule has 0 radical (unpaired) electrons. The van der Waals surface area contributed by atoms with Gasteiger partial charge in [0.1, 0.15) is 11.6 Å². The standard InChI is InChI=1S/C32H42N4O4/c1-19(2)24-11-10-12-25(20(3)4)28(24)34-29(38)26(18-27(33)37)35-30(39)32(15-8-7-9-16-32)36(31(35)40)23-14-13-21(5)22(6)17-23/h10-14,17,19-20,26H,7-9,15-16,18H2,1-6H3,(H2,33,37)(H,34,38). The summed E-state index contributed by atoms with van der Waals surface area (Å²) in [5.74, 6) is -1.56. The summed E-state index contributed by atoms with van der Waals surface area (Å²) < 4.78 is 0. The maximum absolute atomic E-state index is 14.3. The Morgan fingerprint density at radius 1 is 0.925 bits per heavy atom. The van der Waals surface area contributed by atoms with E-state index in [1.54, 1.807) is 4.90 Å². The molecule has 1 unspecified atom stereocenters. The van der Waals surface area contributed by atoms with Gasteiger partial charge in [-0.3, -0.25) is 19.3 Å². The van der Waals surface area contributed by atoms with E-state index in [2.05, 4.69) is 5.32 Å². The van der Waals surface area contributed by atoms with Gasteiger partial charge in [-0.05, 0) is 72.9 Å². The molecule has 1 atom stereocenters. The number of nitrogens with one attached hydrogen (secondary N) is 1. The largest absolute Gasteiger partial charge is 0.370 e. The summed E-state index contributed by atoms with van der Waals surface area (Å²) >= 11 is 0. The highest BCUT2D eigenvalue weighted by Crippen LogP contribution is 2.44. The Morgan fingerprint density at radius 2 is 1.52 bits per heavy atom. The van der Waals surface area contributed by atoms with Gasteiger partial charge in [-0.25, -0.2) is 9.69 Å². The number of imide groups is 1. The number of rotatable bonds is 8. The lowest BCUT2D eigenvalue weighted by molar-refractivity contribution is -0.138. The number of nitrogens with zero attached hydrogens (tertiary/aromatic N) is 2. The zero-order valence-electron chi connectivity index (χ0n) is 24.5. The number of benzene rings is 2. The maximum Gasteiger partial charge on any atom is 0.332 e. The first-order valence-corrected chi connectivity index (χ1v) is 14.4.